The summed E-state index contributed by atoms with van der Waals surface area (Å²) in [5.41, 5.74) is 0.912. The van der Waals surface area contributed by atoms with Crippen LogP contribution in [0.25, 0.3) is 10.8 Å². The molecule has 0 saturated heterocycles. The van der Waals surface area contributed by atoms with Crippen molar-refractivity contribution in [3.8, 4) is 5.75 Å². The van der Waals surface area contributed by atoms with Gasteiger partial charge in [0, 0.05) is 11.4 Å². The number of amides is 2. The van der Waals surface area contributed by atoms with E-state index in [1.54, 1.807) is 24.3 Å². The number of carbonyl (C=O) groups excluding carboxylic acids is 2. The van der Waals surface area contributed by atoms with E-state index < -0.39 is 6.10 Å². The van der Waals surface area contributed by atoms with Gasteiger partial charge in [-0.3, -0.25) is 9.59 Å². The minimum absolute atomic E-state index is 0.0549. The van der Waals surface area contributed by atoms with Crippen molar-refractivity contribution < 1.29 is 14.3 Å². The second-order valence-corrected chi connectivity index (χ2v) is 7.31. The number of para-hydroxylation sites is 1. The van der Waals surface area contributed by atoms with Crippen molar-refractivity contribution in [3.63, 3.8) is 0 Å². The molecule has 0 aromatic heterocycles. The van der Waals surface area contributed by atoms with Gasteiger partial charge in [0.15, 0.2) is 6.10 Å². The van der Waals surface area contributed by atoms with E-state index in [0.717, 1.165) is 17.2 Å². The Morgan fingerprint density at radius 2 is 1.60 bits per heavy atom. The Morgan fingerprint density at radius 3 is 2.37 bits per heavy atom. The molecule has 0 radical (unpaired) electrons. The van der Waals surface area contributed by atoms with Crippen LogP contribution in [0.4, 0.5) is 5.69 Å². The van der Waals surface area contributed by atoms with Crippen molar-refractivity contribution in [2.24, 2.45) is 0 Å². The van der Waals surface area contributed by atoms with Crippen molar-refractivity contribution in [2.75, 3.05) is 5.32 Å². The van der Waals surface area contributed by atoms with Gasteiger partial charge in [-0.2, -0.15) is 0 Å². The van der Waals surface area contributed by atoms with E-state index in [4.69, 9.17) is 4.74 Å². The lowest BCUT2D eigenvalue weighted by Crippen LogP contribution is -2.35. The zero-order valence-corrected chi connectivity index (χ0v) is 17.6. The lowest BCUT2D eigenvalue weighted by atomic mass is 10.1. The van der Waals surface area contributed by atoms with Crippen LogP contribution in [0.3, 0.4) is 0 Å². The monoisotopic (exact) mass is 404 g/mol. The molecule has 3 aromatic rings. The van der Waals surface area contributed by atoms with Gasteiger partial charge in [-0.1, -0.05) is 62.4 Å². The van der Waals surface area contributed by atoms with E-state index in [-0.39, 0.29) is 17.9 Å². The fourth-order valence-corrected chi connectivity index (χ4v) is 3.18. The Labute approximate surface area is 177 Å². The van der Waals surface area contributed by atoms with Gasteiger partial charge in [0.05, 0.1) is 11.3 Å². The molecular formula is C25H28N2O3. The summed E-state index contributed by atoms with van der Waals surface area (Å²) in [6, 6.07) is 20.8. The van der Waals surface area contributed by atoms with Crippen molar-refractivity contribution >= 4 is 28.3 Å². The Bertz CT molecular complexity index is 1030. The van der Waals surface area contributed by atoms with Gasteiger partial charge in [0.1, 0.15) is 5.75 Å². The first kappa shape index (κ1) is 21.4. The van der Waals surface area contributed by atoms with Crippen LogP contribution >= 0.6 is 0 Å². The minimum atomic E-state index is -0.679. The molecule has 0 unspecified atom stereocenters. The molecular weight excluding hydrogens is 376 g/mol. The highest BCUT2D eigenvalue weighted by Gasteiger charge is 2.22. The quantitative estimate of drug-likeness (QED) is 0.545. The molecule has 0 aliphatic heterocycles. The smallest absolute Gasteiger partial charge is 0.265 e. The molecule has 0 spiro atoms. The standard InChI is InChI=1S/C25H28N2O3/c1-4-17(3)26-24(28)20-14-8-9-15-21(20)27-25(29)22(5-2)30-23-16-10-12-18-11-6-7-13-19(18)23/h6-17,22H,4-5H2,1-3H3,(H,26,28)(H,27,29)/t17-,22-/m1/s1. The number of rotatable bonds is 8. The lowest BCUT2D eigenvalue weighted by molar-refractivity contribution is -0.122. The van der Waals surface area contributed by atoms with Gasteiger partial charge in [-0.25, -0.2) is 0 Å². The molecule has 2 amide bonds. The maximum atomic E-state index is 13.0. The van der Waals surface area contributed by atoms with Gasteiger partial charge < -0.3 is 15.4 Å². The molecule has 0 aliphatic carbocycles. The summed E-state index contributed by atoms with van der Waals surface area (Å²) in [4.78, 5) is 25.6. The number of hydrogen-bond donors (Lipinski definition) is 2. The van der Waals surface area contributed by atoms with Crippen LogP contribution in [0.1, 0.15) is 44.0 Å². The van der Waals surface area contributed by atoms with E-state index in [1.807, 2.05) is 63.2 Å². The first-order valence-corrected chi connectivity index (χ1v) is 10.4. The van der Waals surface area contributed by atoms with Crippen LogP contribution in [-0.4, -0.2) is 24.0 Å². The molecule has 0 aliphatic rings. The van der Waals surface area contributed by atoms with Gasteiger partial charge in [0.25, 0.3) is 11.8 Å². The summed E-state index contributed by atoms with van der Waals surface area (Å²) in [6.45, 7) is 5.86. The molecule has 2 atom stereocenters. The van der Waals surface area contributed by atoms with Gasteiger partial charge in [0.2, 0.25) is 0 Å². The average molecular weight is 405 g/mol. The summed E-state index contributed by atoms with van der Waals surface area (Å²) < 4.78 is 6.08. The van der Waals surface area contributed by atoms with Crippen LogP contribution in [0.2, 0.25) is 0 Å². The van der Waals surface area contributed by atoms with Crippen molar-refractivity contribution in [1.82, 2.24) is 5.32 Å². The molecule has 0 saturated carbocycles. The SMILES string of the molecule is CC[C@@H](C)NC(=O)c1ccccc1NC(=O)[C@@H](CC)Oc1cccc2ccccc12. The van der Waals surface area contributed by atoms with E-state index in [0.29, 0.717) is 23.4 Å². The fraction of sp³-hybridized carbons (Fsp3) is 0.280. The van der Waals surface area contributed by atoms with Crippen LogP contribution in [0.5, 0.6) is 5.75 Å². The predicted octanol–water partition coefficient (Wildman–Crippen LogP) is 5.16. The third-order valence-electron chi connectivity index (χ3n) is 5.10. The Kier molecular flexibility index (Phi) is 7.07. The highest BCUT2D eigenvalue weighted by molar-refractivity contribution is 6.04. The molecule has 30 heavy (non-hydrogen) atoms. The predicted molar refractivity (Wildman–Crippen MR) is 121 cm³/mol. The minimum Gasteiger partial charge on any atom is -0.480 e. The lowest BCUT2D eigenvalue weighted by Gasteiger charge is -2.20. The van der Waals surface area contributed by atoms with Gasteiger partial charge >= 0.3 is 0 Å². The molecule has 2 N–H and O–H groups in total. The van der Waals surface area contributed by atoms with E-state index in [2.05, 4.69) is 10.6 Å². The molecule has 3 aromatic carbocycles. The maximum absolute atomic E-state index is 13.0. The first-order valence-electron chi connectivity index (χ1n) is 10.4. The van der Waals surface area contributed by atoms with E-state index >= 15 is 0 Å². The molecule has 0 fully saturated rings. The zero-order chi connectivity index (χ0) is 21.5. The van der Waals surface area contributed by atoms with Gasteiger partial charge in [-0.05, 0) is 43.4 Å². The number of hydrogen-bond acceptors (Lipinski definition) is 3. The van der Waals surface area contributed by atoms with Crippen LogP contribution in [0.15, 0.2) is 66.7 Å². The largest absolute Gasteiger partial charge is 0.480 e. The average Bonchev–Trinajstić information content (AvgIpc) is 2.77. The number of anilines is 1. The summed E-state index contributed by atoms with van der Waals surface area (Å²) in [5, 5.41) is 7.83. The van der Waals surface area contributed by atoms with E-state index in [9.17, 15) is 9.59 Å². The maximum Gasteiger partial charge on any atom is 0.265 e. The molecule has 156 valence electrons. The van der Waals surface area contributed by atoms with Crippen LogP contribution < -0.4 is 15.4 Å². The molecule has 5 nitrogen and oxygen atoms in total. The Morgan fingerprint density at radius 1 is 0.900 bits per heavy atom. The van der Waals surface area contributed by atoms with Crippen LogP contribution in [0, 0.1) is 0 Å². The fourth-order valence-electron chi connectivity index (χ4n) is 3.18. The molecule has 3 rings (SSSR count). The Hall–Kier alpha value is -3.34. The number of fused-ring (bicyclic) bond motifs is 1. The summed E-state index contributed by atoms with van der Waals surface area (Å²) in [7, 11) is 0. The first-order chi connectivity index (χ1) is 14.5. The Balaban J connectivity index is 1.78. The molecule has 5 heteroatoms. The number of nitrogens with one attached hydrogen (secondary N) is 2. The number of ether oxygens (including phenoxy) is 1. The molecule has 0 bridgehead atoms. The number of carbonyl (C=O) groups is 2. The van der Waals surface area contributed by atoms with Gasteiger partial charge in [-0.15, -0.1) is 0 Å². The topological polar surface area (TPSA) is 67.4 Å². The summed E-state index contributed by atoms with van der Waals surface area (Å²) in [6.07, 6.45) is 0.648. The number of benzene rings is 3. The third-order valence-corrected chi connectivity index (χ3v) is 5.10. The van der Waals surface area contributed by atoms with Crippen LogP contribution in [-0.2, 0) is 4.79 Å². The zero-order valence-electron chi connectivity index (χ0n) is 17.6. The second-order valence-electron chi connectivity index (χ2n) is 7.31. The third kappa shape index (κ3) is 4.98. The second kappa shape index (κ2) is 9.92. The van der Waals surface area contributed by atoms with Crippen molar-refractivity contribution in [3.05, 3.63) is 72.3 Å². The summed E-state index contributed by atoms with van der Waals surface area (Å²) >= 11 is 0. The highest BCUT2D eigenvalue weighted by Crippen LogP contribution is 2.27. The van der Waals surface area contributed by atoms with E-state index in [1.165, 1.54) is 0 Å². The van der Waals surface area contributed by atoms with Crippen molar-refractivity contribution in [1.29, 1.82) is 0 Å². The normalized spacial score (nSPS) is 12.8. The van der Waals surface area contributed by atoms with Crippen molar-refractivity contribution in [2.45, 2.75) is 45.8 Å². The highest BCUT2D eigenvalue weighted by atomic mass is 16.5. The molecule has 0 heterocycles. The summed E-state index contributed by atoms with van der Waals surface area (Å²) in [5.74, 6) is 0.176.